The molecule has 82 valence electrons. The fourth-order valence-corrected chi connectivity index (χ4v) is 1.44. The average Bonchev–Trinajstić information content (AvgIpc) is 2.57. The van der Waals surface area contributed by atoms with Gasteiger partial charge in [0, 0.05) is 16.2 Å². The summed E-state index contributed by atoms with van der Waals surface area (Å²) in [5.74, 6) is 0. The fraction of sp³-hybridized carbons (Fsp3) is 0.100. The van der Waals surface area contributed by atoms with Crippen molar-refractivity contribution in [3.05, 3.63) is 50.9 Å². The Kier molecular flexibility index (Phi) is 3.00. The molecule has 1 heterocycles. The number of nitrogens with one attached hydrogen (secondary N) is 1. The molecule has 0 spiro atoms. The van der Waals surface area contributed by atoms with E-state index in [1.54, 1.807) is 19.1 Å². The van der Waals surface area contributed by atoms with Crippen LogP contribution in [0.5, 0.6) is 0 Å². The molecule has 0 unspecified atom stereocenters. The molecule has 0 saturated carbocycles. The maximum Gasteiger partial charge on any atom is 0.289 e. The normalized spacial score (nSPS) is 11.1. The van der Waals surface area contributed by atoms with Crippen LogP contribution in [0.1, 0.15) is 5.69 Å². The van der Waals surface area contributed by atoms with Gasteiger partial charge in [0.2, 0.25) is 0 Å². The number of benzene rings is 1. The Hall–Kier alpha value is -1.69. The van der Waals surface area contributed by atoms with E-state index in [2.05, 4.69) is 31.4 Å². The molecule has 1 aromatic heterocycles. The summed E-state index contributed by atoms with van der Waals surface area (Å²) >= 11 is 3.32. The summed E-state index contributed by atoms with van der Waals surface area (Å²) in [6.07, 6.45) is 0. The van der Waals surface area contributed by atoms with E-state index in [-0.39, 0.29) is 5.56 Å². The van der Waals surface area contributed by atoms with Crippen molar-refractivity contribution < 1.29 is 0 Å². The molecular weight excluding hydrogens is 272 g/mol. The molecule has 5 nitrogen and oxygen atoms in total. The number of hydrogen-bond acceptors (Lipinski definition) is 3. The third-order valence-electron chi connectivity index (χ3n) is 1.91. The van der Waals surface area contributed by atoms with Gasteiger partial charge >= 0.3 is 0 Å². The molecule has 0 radical (unpaired) electrons. The van der Waals surface area contributed by atoms with Crippen LogP contribution in [0.3, 0.4) is 0 Å². The first kappa shape index (κ1) is 10.8. The quantitative estimate of drug-likeness (QED) is 0.845. The van der Waals surface area contributed by atoms with Crippen molar-refractivity contribution in [2.45, 2.75) is 6.92 Å². The molecule has 1 N–H and O–H groups in total. The van der Waals surface area contributed by atoms with Crippen LogP contribution >= 0.6 is 15.9 Å². The molecule has 16 heavy (non-hydrogen) atoms. The lowest BCUT2D eigenvalue weighted by Crippen LogP contribution is -2.09. The van der Waals surface area contributed by atoms with Crippen LogP contribution < -0.4 is 5.56 Å². The molecule has 6 heteroatoms. The zero-order chi connectivity index (χ0) is 11.5. The van der Waals surface area contributed by atoms with Gasteiger partial charge in [0.25, 0.3) is 5.56 Å². The van der Waals surface area contributed by atoms with Gasteiger partial charge in [-0.15, -0.1) is 9.91 Å². The highest BCUT2D eigenvalue weighted by atomic mass is 79.9. The van der Waals surface area contributed by atoms with Crippen molar-refractivity contribution in [3.8, 4) is 0 Å². The van der Waals surface area contributed by atoms with Crippen molar-refractivity contribution in [1.29, 1.82) is 0 Å². The lowest BCUT2D eigenvalue weighted by Gasteiger charge is -1.92. The summed E-state index contributed by atoms with van der Waals surface area (Å²) in [6, 6.07) is 8.78. The smallest absolute Gasteiger partial charge is 0.278 e. The van der Waals surface area contributed by atoms with Crippen LogP contribution in [0.15, 0.2) is 49.9 Å². The topological polar surface area (TPSA) is 62.5 Å². The Morgan fingerprint density at radius 1 is 1.31 bits per heavy atom. The van der Waals surface area contributed by atoms with E-state index in [0.717, 1.165) is 15.0 Å². The minimum atomic E-state index is -0.224. The Morgan fingerprint density at radius 3 is 2.56 bits per heavy atom. The van der Waals surface area contributed by atoms with Crippen LogP contribution in [0, 0.1) is 6.92 Å². The number of nitrogens with zero attached hydrogens (tertiary/aromatic N) is 3. The van der Waals surface area contributed by atoms with Crippen LogP contribution in [0.2, 0.25) is 0 Å². The number of H-pyrrole nitrogens is 1. The highest BCUT2D eigenvalue weighted by Crippen LogP contribution is 2.16. The van der Waals surface area contributed by atoms with Gasteiger partial charge in [-0.05, 0) is 36.4 Å². The highest BCUT2D eigenvalue weighted by molar-refractivity contribution is 9.10. The number of aromatic nitrogens is 2. The lowest BCUT2D eigenvalue weighted by atomic mass is 10.3. The van der Waals surface area contributed by atoms with E-state index in [1.165, 1.54) is 6.07 Å². The predicted molar refractivity (Wildman–Crippen MR) is 63.8 cm³/mol. The number of rotatable bonds is 2. The summed E-state index contributed by atoms with van der Waals surface area (Å²) in [5.41, 5.74) is 1.21. The van der Waals surface area contributed by atoms with Gasteiger partial charge in [-0.3, -0.25) is 9.89 Å². The second kappa shape index (κ2) is 4.44. The van der Waals surface area contributed by atoms with Gasteiger partial charge in [0.15, 0.2) is 0 Å². The zero-order valence-corrected chi connectivity index (χ0v) is 10.1. The fourth-order valence-electron chi connectivity index (χ4n) is 1.17. The maximum atomic E-state index is 11.3. The third kappa shape index (κ3) is 2.46. The Morgan fingerprint density at radius 2 is 2.00 bits per heavy atom. The monoisotopic (exact) mass is 280 g/mol. The summed E-state index contributed by atoms with van der Waals surface area (Å²) < 4.78 is 0.972. The first-order valence-electron chi connectivity index (χ1n) is 4.61. The first-order valence-corrected chi connectivity index (χ1v) is 5.41. The molecule has 0 atom stereocenters. The van der Waals surface area contributed by atoms with Gasteiger partial charge in [0.05, 0.1) is 5.69 Å². The van der Waals surface area contributed by atoms with Gasteiger partial charge in [0.1, 0.15) is 0 Å². The molecule has 0 saturated heterocycles. The highest BCUT2D eigenvalue weighted by Gasteiger charge is 1.96. The summed E-state index contributed by atoms with van der Waals surface area (Å²) in [5, 5.41) is 10.5. The van der Waals surface area contributed by atoms with Crippen molar-refractivity contribution in [2.24, 2.45) is 10.3 Å². The number of aryl methyl sites for hydroxylation is 1. The van der Waals surface area contributed by atoms with Crippen LogP contribution in [0.4, 0.5) is 5.69 Å². The molecule has 0 aliphatic heterocycles. The number of aromatic amines is 1. The molecule has 0 bridgehead atoms. The molecule has 0 amide bonds. The van der Waals surface area contributed by atoms with Gasteiger partial charge in [-0.1, -0.05) is 15.9 Å². The lowest BCUT2D eigenvalue weighted by molar-refractivity contribution is 0.663. The predicted octanol–water partition coefficient (Wildman–Crippen LogP) is 2.79. The number of hydrogen-bond donors (Lipinski definition) is 1. The van der Waals surface area contributed by atoms with E-state index in [9.17, 15) is 4.79 Å². The molecule has 0 aliphatic rings. The van der Waals surface area contributed by atoms with E-state index >= 15 is 0 Å². The third-order valence-corrected chi connectivity index (χ3v) is 2.44. The van der Waals surface area contributed by atoms with Crippen LogP contribution in [-0.2, 0) is 0 Å². The maximum absolute atomic E-state index is 11.3. The minimum Gasteiger partial charge on any atom is -0.278 e. The standard InChI is InChI=1S/C10H9BrN4O/c1-7-6-10(16)15(13-7)14-12-9-4-2-8(11)3-5-9/h2-6,13H,1H3. The molecule has 0 aliphatic carbocycles. The Bertz CT molecular complexity index is 567. The molecule has 2 rings (SSSR count). The minimum absolute atomic E-state index is 0.224. The average molecular weight is 281 g/mol. The molecule has 0 fully saturated rings. The van der Waals surface area contributed by atoms with Crippen molar-refractivity contribution in [3.63, 3.8) is 0 Å². The number of halogens is 1. The van der Waals surface area contributed by atoms with E-state index in [0.29, 0.717) is 5.69 Å². The van der Waals surface area contributed by atoms with Crippen molar-refractivity contribution in [1.82, 2.24) is 9.89 Å². The molecule has 2 aromatic rings. The summed E-state index contributed by atoms with van der Waals surface area (Å²) in [7, 11) is 0. The van der Waals surface area contributed by atoms with Crippen molar-refractivity contribution >= 4 is 21.6 Å². The van der Waals surface area contributed by atoms with E-state index < -0.39 is 0 Å². The van der Waals surface area contributed by atoms with Gasteiger partial charge in [-0.2, -0.15) is 0 Å². The largest absolute Gasteiger partial charge is 0.289 e. The van der Waals surface area contributed by atoms with Gasteiger partial charge < -0.3 is 0 Å². The van der Waals surface area contributed by atoms with E-state index in [4.69, 9.17) is 0 Å². The summed E-state index contributed by atoms with van der Waals surface area (Å²) in [4.78, 5) is 12.4. The van der Waals surface area contributed by atoms with Crippen molar-refractivity contribution in [2.75, 3.05) is 0 Å². The van der Waals surface area contributed by atoms with Crippen LogP contribution in [-0.4, -0.2) is 9.89 Å². The second-order valence-electron chi connectivity index (χ2n) is 3.26. The van der Waals surface area contributed by atoms with E-state index in [1.807, 2.05) is 12.1 Å². The molecular formula is C10H9BrN4O. The SMILES string of the molecule is Cc1cc(=O)n(N=Nc2ccc(Br)cc2)[nH]1. The second-order valence-corrected chi connectivity index (χ2v) is 4.17. The first-order chi connectivity index (χ1) is 7.65. The van der Waals surface area contributed by atoms with Gasteiger partial charge in [-0.25, -0.2) is 0 Å². The molecule has 1 aromatic carbocycles. The zero-order valence-electron chi connectivity index (χ0n) is 8.51. The Labute approximate surface area is 99.9 Å². The Balaban J connectivity index is 2.24. The summed E-state index contributed by atoms with van der Waals surface area (Å²) in [6.45, 7) is 1.78. The van der Waals surface area contributed by atoms with Crippen LogP contribution in [0.25, 0.3) is 0 Å².